The lowest BCUT2D eigenvalue weighted by atomic mass is 10.1. The molecule has 1 rings (SSSR count). The quantitative estimate of drug-likeness (QED) is 0.837. The van der Waals surface area contributed by atoms with Gasteiger partial charge in [-0.25, -0.2) is 0 Å². The van der Waals surface area contributed by atoms with Crippen molar-refractivity contribution in [3.05, 3.63) is 29.3 Å². The van der Waals surface area contributed by atoms with E-state index >= 15 is 0 Å². The summed E-state index contributed by atoms with van der Waals surface area (Å²) in [6.07, 6.45) is 0. The molecule has 0 saturated heterocycles. The van der Waals surface area contributed by atoms with E-state index in [0.29, 0.717) is 0 Å². The van der Waals surface area contributed by atoms with E-state index in [1.165, 1.54) is 12.1 Å². The van der Waals surface area contributed by atoms with Gasteiger partial charge in [-0.05, 0) is 41.4 Å². The van der Waals surface area contributed by atoms with E-state index in [9.17, 15) is 19.2 Å². The van der Waals surface area contributed by atoms with E-state index in [2.05, 4.69) is 0 Å². The molecule has 8 heteroatoms. The number of carbonyl (C=O) groups excluding carboxylic acids is 3. The second-order valence-corrected chi connectivity index (χ2v) is 4.50. The summed E-state index contributed by atoms with van der Waals surface area (Å²) < 4.78 is 0. The van der Waals surface area contributed by atoms with Gasteiger partial charge in [-0.2, -0.15) is 0 Å². The van der Waals surface area contributed by atoms with E-state index in [1.807, 2.05) is 0 Å². The van der Waals surface area contributed by atoms with Gasteiger partial charge in [0.05, 0.1) is 0 Å². The molecule has 20 heavy (non-hydrogen) atoms. The van der Waals surface area contributed by atoms with Crippen LogP contribution in [0.5, 0.6) is 0 Å². The number of amides is 1. The highest BCUT2D eigenvalue weighted by Gasteiger charge is 2.19. The number of carboxylic acid groups (broad SMARTS) is 1. The van der Waals surface area contributed by atoms with E-state index in [1.54, 1.807) is 0 Å². The van der Waals surface area contributed by atoms with E-state index in [-0.39, 0.29) is 16.8 Å². The third-order valence-corrected chi connectivity index (χ3v) is 2.79. The second-order valence-electron chi connectivity index (χ2n) is 3.81. The number of halogens is 2. The van der Waals surface area contributed by atoms with Crippen LogP contribution in [-0.4, -0.2) is 34.0 Å². The number of benzene rings is 1. The van der Waals surface area contributed by atoms with Crippen LogP contribution in [0.3, 0.4) is 0 Å². The molecule has 6 nitrogen and oxygen atoms in total. The molecule has 0 spiro atoms. The van der Waals surface area contributed by atoms with Crippen molar-refractivity contribution < 1.29 is 24.3 Å². The predicted molar refractivity (Wildman–Crippen MR) is 72.5 cm³/mol. The molecule has 106 valence electrons. The van der Waals surface area contributed by atoms with Crippen molar-refractivity contribution in [2.75, 3.05) is 11.4 Å². The Balaban J connectivity index is 3.40. The molecule has 1 N–H and O–H groups in total. The van der Waals surface area contributed by atoms with Crippen molar-refractivity contribution in [3.8, 4) is 0 Å². The Morgan fingerprint density at radius 2 is 1.50 bits per heavy atom. The minimum atomic E-state index is -1.25. The first kappa shape index (κ1) is 16.1. The van der Waals surface area contributed by atoms with Crippen LogP contribution < -0.4 is 4.90 Å². The lowest BCUT2D eigenvalue weighted by molar-refractivity contribution is -0.136. The number of anilines is 1. The molecule has 0 aliphatic heterocycles. The molecule has 1 aromatic carbocycles. The smallest absolute Gasteiger partial charge is 0.323 e. The summed E-state index contributed by atoms with van der Waals surface area (Å²) in [7, 11) is 0. The highest BCUT2D eigenvalue weighted by atomic mass is 35.5. The van der Waals surface area contributed by atoms with Crippen LogP contribution >= 0.6 is 23.2 Å². The summed E-state index contributed by atoms with van der Waals surface area (Å²) in [5, 5.41) is 7.06. The van der Waals surface area contributed by atoms with Crippen molar-refractivity contribution in [3.63, 3.8) is 0 Å². The molecule has 0 fully saturated rings. The summed E-state index contributed by atoms with van der Waals surface area (Å²) in [6, 6.07) is 3.58. The fourth-order valence-corrected chi connectivity index (χ4v) is 1.73. The second kappa shape index (κ2) is 6.49. The SMILES string of the molecule is CC(=O)N(CC(=O)O)c1cc(C(=O)Cl)cc(C(=O)Cl)c1. The van der Waals surface area contributed by atoms with Crippen LogP contribution in [0.4, 0.5) is 5.69 Å². The summed E-state index contributed by atoms with van der Waals surface area (Å²) in [5.41, 5.74) is -0.0787. The first-order valence-corrected chi connectivity index (χ1v) is 6.02. The molecule has 0 aromatic heterocycles. The van der Waals surface area contributed by atoms with Gasteiger partial charge in [0.25, 0.3) is 10.5 Å². The largest absolute Gasteiger partial charge is 0.480 e. The molecule has 0 heterocycles. The topological polar surface area (TPSA) is 91.8 Å². The molecular weight excluding hydrogens is 309 g/mol. The minimum Gasteiger partial charge on any atom is -0.480 e. The summed E-state index contributed by atoms with van der Waals surface area (Å²) >= 11 is 10.7. The van der Waals surface area contributed by atoms with Crippen molar-refractivity contribution in [2.24, 2.45) is 0 Å². The fourth-order valence-electron chi connectivity index (χ4n) is 1.51. The highest BCUT2D eigenvalue weighted by molar-refractivity contribution is 6.69. The van der Waals surface area contributed by atoms with Crippen molar-refractivity contribution in [1.82, 2.24) is 0 Å². The number of carboxylic acids is 1. The highest BCUT2D eigenvalue weighted by Crippen LogP contribution is 2.22. The van der Waals surface area contributed by atoms with Crippen LogP contribution in [0.25, 0.3) is 0 Å². The first-order valence-electron chi connectivity index (χ1n) is 5.27. The molecule has 1 aromatic rings. The predicted octanol–water partition coefficient (Wildman–Crippen LogP) is 1.88. The van der Waals surface area contributed by atoms with Crippen LogP contribution in [-0.2, 0) is 9.59 Å². The molecule has 0 atom stereocenters. The molecule has 0 aliphatic rings. The number of hydrogen-bond acceptors (Lipinski definition) is 4. The van der Waals surface area contributed by atoms with Gasteiger partial charge in [-0.1, -0.05) is 0 Å². The van der Waals surface area contributed by atoms with Gasteiger partial charge >= 0.3 is 5.97 Å². The van der Waals surface area contributed by atoms with Crippen molar-refractivity contribution in [1.29, 1.82) is 0 Å². The molecular formula is C12H9Cl2NO5. The Labute approximate surface area is 123 Å². The summed E-state index contributed by atoms with van der Waals surface area (Å²) in [4.78, 5) is 45.5. The summed E-state index contributed by atoms with van der Waals surface area (Å²) in [5.74, 6) is -1.82. The lowest BCUT2D eigenvalue weighted by Crippen LogP contribution is -2.34. The zero-order chi connectivity index (χ0) is 15.4. The molecule has 1 amide bonds. The zero-order valence-corrected chi connectivity index (χ0v) is 11.7. The molecule has 0 radical (unpaired) electrons. The van der Waals surface area contributed by atoms with Gasteiger partial charge in [0.15, 0.2) is 0 Å². The van der Waals surface area contributed by atoms with Gasteiger partial charge < -0.3 is 10.0 Å². The van der Waals surface area contributed by atoms with Crippen LogP contribution in [0, 0.1) is 0 Å². The number of hydrogen-bond donors (Lipinski definition) is 1. The lowest BCUT2D eigenvalue weighted by Gasteiger charge is -2.20. The molecule has 0 aliphatic carbocycles. The van der Waals surface area contributed by atoms with Gasteiger partial charge in [-0.3, -0.25) is 19.2 Å². The Kier molecular flexibility index (Phi) is 5.24. The number of rotatable bonds is 5. The molecule has 0 saturated carbocycles. The number of nitrogens with zero attached hydrogens (tertiary/aromatic N) is 1. The maximum absolute atomic E-state index is 11.5. The van der Waals surface area contributed by atoms with Crippen LogP contribution in [0.2, 0.25) is 0 Å². The Morgan fingerprint density at radius 3 is 1.80 bits per heavy atom. The van der Waals surface area contributed by atoms with Gasteiger partial charge in [0, 0.05) is 23.7 Å². The van der Waals surface area contributed by atoms with Gasteiger partial charge in [-0.15, -0.1) is 0 Å². The van der Waals surface area contributed by atoms with Crippen molar-refractivity contribution in [2.45, 2.75) is 6.92 Å². The Morgan fingerprint density at radius 1 is 1.05 bits per heavy atom. The maximum atomic E-state index is 11.5. The average molecular weight is 318 g/mol. The van der Waals surface area contributed by atoms with Gasteiger partial charge in [0.1, 0.15) is 6.54 Å². The monoisotopic (exact) mass is 317 g/mol. The van der Waals surface area contributed by atoms with E-state index in [4.69, 9.17) is 28.3 Å². The Hall–Kier alpha value is -1.92. The third-order valence-electron chi connectivity index (χ3n) is 2.36. The standard InChI is InChI=1S/C12H9Cl2NO5/c1-6(16)15(5-10(17)18)9-3-7(11(13)19)2-8(4-9)12(14)20/h2-4H,5H2,1H3,(H,17,18). The fraction of sp³-hybridized carbons (Fsp3) is 0.167. The zero-order valence-electron chi connectivity index (χ0n) is 10.2. The molecule has 0 unspecified atom stereocenters. The average Bonchev–Trinajstić information content (AvgIpc) is 2.34. The number of carbonyl (C=O) groups is 4. The van der Waals surface area contributed by atoms with E-state index in [0.717, 1.165) is 17.9 Å². The normalized spacial score (nSPS) is 9.95. The Bertz CT molecular complexity index is 567. The number of aliphatic carboxylic acids is 1. The van der Waals surface area contributed by atoms with Gasteiger partial charge in [0.2, 0.25) is 5.91 Å². The van der Waals surface area contributed by atoms with E-state index < -0.39 is 28.9 Å². The molecule has 0 bridgehead atoms. The summed E-state index contributed by atoms with van der Waals surface area (Å²) in [6.45, 7) is 0.533. The van der Waals surface area contributed by atoms with Crippen LogP contribution in [0.15, 0.2) is 18.2 Å². The third kappa shape index (κ3) is 4.04. The first-order chi connectivity index (χ1) is 9.22. The van der Waals surface area contributed by atoms with Crippen molar-refractivity contribution >= 4 is 51.3 Å². The minimum absolute atomic E-state index is 0.0513. The van der Waals surface area contributed by atoms with Crippen LogP contribution in [0.1, 0.15) is 27.6 Å². The maximum Gasteiger partial charge on any atom is 0.323 e.